The zero-order valence-corrected chi connectivity index (χ0v) is 12.4. The van der Waals surface area contributed by atoms with E-state index in [1.165, 1.54) is 12.1 Å². The number of benzene rings is 3. The number of rotatable bonds is 3. The lowest BCUT2D eigenvalue weighted by Crippen LogP contribution is -2.15. The van der Waals surface area contributed by atoms with E-state index in [1.54, 1.807) is 6.07 Å². The van der Waals surface area contributed by atoms with Gasteiger partial charge in [0.25, 0.3) is 0 Å². The van der Waals surface area contributed by atoms with E-state index in [1.807, 2.05) is 48.6 Å². The van der Waals surface area contributed by atoms with Gasteiger partial charge in [-0.2, -0.15) is 5.10 Å². The summed E-state index contributed by atoms with van der Waals surface area (Å²) in [6.45, 7) is 0. The average molecular weight is 305 g/mol. The highest BCUT2D eigenvalue weighted by Gasteiger charge is 2.01. The lowest BCUT2D eigenvalue weighted by molar-refractivity contribution is 0.627. The van der Waals surface area contributed by atoms with Gasteiger partial charge in [-0.3, -0.25) is 0 Å². The fraction of sp³-hybridized carbons (Fsp3) is 0. The Kier molecular flexibility index (Phi) is 4.06. The maximum atomic E-state index is 13.2. The summed E-state index contributed by atoms with van der Waals surface area (Å²) in [7, 11) is 0. The van der Waals surface area contributed by atoms with Gasteiger partial charge in [-0.15, -0.1) is 0 Å². The second kappa shape index (κ2) is 6.32. The molecule has 0 radical (unpaired) electrons. The standard InChI is InChI=1S/C19H16FN3/c20-18-3-1-2-13(11-18)4-5-14-6-7-16-12-17(19(21)23-22)9-8-15(16)10-14/h1-12H,22H2,(H2,21,23)/b5-4+. The van der Waals surface area contributed by atoms with E-state index in [2.05, 4.69) is 11.2 Å². The third-order valence-electron chi connectivity index (χ3n) is 3.62. The van der Waals surface area contributed by atoms with Gasteiger partial charge in [0.05, 0.1) is 0 Å². The molecule has 0 saturated heterocycles. The van der Waals surface area contributed by atoms with E-state index in [0.717, 1.165) is 27.5 Å². The first-order valence-corrected chi connectivity index (χ1v) is 7.17. The third-order valence-corrected chi connectivity index (χ3v) is 3.62. The molecule has 3 aromatic rings. The van der Waals surface area contributed by atoms with Crippen LogP contribution in [-0.2, 0) is 0 Å². The number of halogens is 1. The average Bonchev–Trinajstić information content (AvgIpc) is 2.58. The highest BCUT2D eigenvalue weighted by Crippen LogP contribution is 2.19. The van der Waals surface area contributed by atoms with Gasteiger partial charge in [0, 0.05) is 5.56 Å². The van der Waals surface area contributed by atoms with Crippen LogP contribution in [-0.4, -0.2) is 5.84 Å². The molecule has 0 bridgehead atoms. The van der Waals surface area contributed by atoms with Crippen LogP contribution < -0.4 is 11.6 Å². The predicted molar refractivity (Wildman–Crippen MR) is 94.2 cm³/mol. The monoisotopic (exact) mass is 305 g/mol. The largest absolute Gasteiger partial charge is 0.382 e. The Morgan fingerprint density at radius 2 is 1.57 bits per heavy atom. The zero-order valence-electron chi connectivity index (χ0n) is 12.4. The van der Waals surface area contributed by atoms with E-state index in [-0.39, 0.29) is 5.82 Å². The Labute approximate surface area is 133 Å². The molecule has 0 atom stereocenters. The number of hydrogen-bond donors (Lipinski definition) is 2. The molecular weight excluding hydrogens is 289 g/mol. The first kappa shape index (κ1) is 14.8. The number of amidine groups is 1. The molecule has 0 heterocycles. The molecule has 4 heteroatoms. The van der Waals surface area contributed by atoms with Crippen LogP contribution in [0.25, 0.3) is 22.9 Å². The molecule has 0 spiro atoms. The second-order valence-corrected chi connectivity index (χ2v) is 5.22. The van der Waals surface area contributed by atoms with Crippen molar-refractivity contribution in [1.29, 1.82) is 0 Å². The normalized spacial score (nSPS) is 12.1. The van der Waals surface area contributed by atoms with E-state index in [0.29, 0.717) is 5.84 Å². The molecule has 0 fully saturated rings. The maximum Gasteiger partial charge on any atom is 0.150 e. The van der Waals surface area contributed by atoms with E-state index >= 15 is 0 Å². The van der Waals surface area contributed by atoms with Crippen LogP contribution in [0.4, 0.5) is 4.39 Å². The molecule has 3 rings (SSSR count). The number of nitrogens with two attached hydrogens (primary N) is 2. The summed E-state index contributed by atoms with van der Waals surface area (Å²) in [5.74, 6) is 5.27. The van der Waals surface area contributed by atoms with Crippen molar-refractivity contribution in [2.24, 2.45) is 16.7 Å². The summed E-state index contributed by atoms with van der Waals surface area (Å²) in [5, 5.41) is 5.64. The highest BCUT2D eigenvalue weighted by molar-refractivity contribution is 6.01. The topological polar surface area (TPSA) is 64.4 Å². The van der Waals surface area contributed by atoms with Crippen molar-refractivity contribution in [2.45, 2.75) is 0 Å². The summed E-state index contributed by atoms with van der Waals surface area (Å²) in [6, 6.07) is 18.4. The summed E-state index contributed by atoms with van der Waals surface area (Å²) < 4.78 is 13.2. The lowest BCUT2D eigenvalue weighted by Gasteiger charge is -2.04. The van der Waals surface area contributed by atoms with Gasteiger partial charge in [-0.1, -0.05) is 48.6 Å². The van der Waals surface area contributed by atoms with Gasteiger partial charge in [-0.05, 0) is 46.2 Å². The first-order valence-electron chi connectivity index (χ1n) is 7.17. The maximum absolute atomic E-state index is 13.2. The minimum Gasteiger partial charge on any atom is -0.382 e. The van der Waals surface area contributed by atoms with Crippen molar-refractivity contribution >= 4 is 28.8 Å². The molecule has 0 unspecified atom stereocenters. The molecule has 114 valence electrons. The van der Waals surface area contributed by atoms with E-state index in [9.17, 15) is 4.39 Å². The fourth-order valence-corrected chi connectivity index (χ4v) is 2.40. The van der Waals surface area contributed by atoms with Crippen LogP contribution >= 0.6 is 0 Å². The Morgan fingerprint density at radius 1 is 0.870 bits per heavy atom. The number of hydrazone groups is 1. The minimum atomic E-state index is -0.239. The van der Waals surface area contributed by atoms with Crippen LogP contribution in [0.5, 0.6) is 0 Å². The molecule has 0 aliphatic rings. The summed E-state index contributed by atoms with van der Waals surface area (Å²) in [4.78, 5) is 0. The fourth-order valence-electron chi connectivity index (χ4n) is 2.40. The molecule has 4 N–H and O–H groups in total. The molecule has 23 heavy (non-hydrogen) atoms. The lowest BCUT2D eigenvalue weighted by atomic mass is 10.0. The van der Waals surface area contributed by atoms with Gasteiger partial charge in [0.2, 0.25) is 0 Å². The molecule has 3 nitrogen and oxygen atoms in total. The Balaban J connectivity index is 1.91. The van der Waals surface area contributed by atoms with Crippen molar-refractivity contribution in [2.75, 3.05) is 0 Å². The summed E-state index contributed by atoms with van der Waals surface area (Å²) in [5.41, 5.74) is 8.38. The zero-order chi connectivity index (χ0) is 16.2. The first-order chi connectivity index (χ1) is 11.2. The van der Waals surface area contributed by atoms with Crippen molar-refractivity contribution in [3.8, 4) is 0 Å². The van der Waals surface area contributed by atoms with Crippen LogP contribution in [0.15, 0.2) is 65.8 Å². The molecule has 0 aromatic heterocycles. The molecule has 3 aromatic carbocycles. The molecule has 0 aliphatic heterocycles. The molecule has 0 saturated carbocycles. The van der Waals surface area contributed by atoms with Gasteiger partial charge < -0.3 is 11.6 Å². The second-order valence-electron chi connectivity index (χ2n) is 5.22. The number of hydrogen-bond acceptors (Lipinski definition) is 2. The van der Waals surface area contributed by atoms with E-state index < -0.39 is 0 Å². The third kappa shape index (κ3) is 3.37. The number of fused-ring (bicyclic) bond motifs is 1. The summed E-state index contributed by atoms with van der Waals surface area (Å²) >= 11 is 0. The van der Waals surface area contributed by atoms with Gasteiger partial charge in [-0.25, -0.2) is 4.39 Å². The number of nitrogens with zero attached hydrogens (tertiary/aromatic N) is 1. The van der Waals surface area contributed by atoms with Gasteiger partial charge in [0.1, 0.15) is 11.7 Å². The molecular formula is C19H16FN3. The minimum absolute atomic E-state index is 0.239. The van der Waals surface area contributed by atoms with Crippen LogP contribution in [0, 0.1) is 5.82 Å². The van der Waals surface area contributed by atoms with Gasteiger partial charge >= 0.3 is 0 Å². The predicted octanol–water partition coefficient (Wildman–Crippen LogP) is 3.73. The van der Waals surface area contributed by atoms with Crippen LogP contribution in [0.2, 0.25) is 0 Å². The summed E-state index contributed by atoms with van der Waals surface area (Å²) in [6.07, 6.45) is 3.84. The van der Waals surface area contributed by atoms with Crippen molar-refractivity contribution < 1.29 is 4.39 Å². The molecule has 0 amide bonds. The van der Waals surface area contributed by atoms with Crippen molar-refractivity contribution in [3.63, 3.8) is 0 Å². The molecule has 0 aliphatic carbocycles. The Morgan fingerprint density at radius 3 is 2.30 bits per heavy atom. The Hall–Kier alpha value is -3.14. The smallest absolute Gasteiger partial charge is 0.150 e. The van der Waals surface area contributed by atoms with Crippen molar-refractivity contribution in [3.05, 3.63) is 83.2 Å². The van der Waals surface area contributed by atoms with Crippen molar-refractivity contribution in [1.82, 2.24) is 0 Å². The van der Waals surface area contributed by atoms with Crippen LogP contribution in [0.3, 0.4) is 0 Å². The Bertz CT molecular complexity index is 913. The SMILES string of the molecule is N/N=C(/N)c1ccc2cc(/C=C/c3cccc(F)c3)ccc2c1. The van der Waals surface area contributed by atoms with Crippen LogP contribution in [0.1, 0.15) is 16.7 Å². The quantitative estimate of drug-likeness (QED) is 0.255. The van der Waals surface area contributed by atoms with Gasteiger partial charge in [0.15, 0.2) is 0 Å². The van der Waals surface area contributed by atoms with E-state index in [4.69, 9.17) is 11.6 Å². The highest BCUT2D eigenvalue weighted by atomic mass is 19.1.